The van der Waals surface area contributed by atoms with Crippen molar-refractivity contribution >= 4 is 5.69 Å². The number of benzene rings is 2. The van der Waals surface area contributed by atoms with Gasteiger partial charge in [0.2, 0.25) is 0 Å². The Morgan fingerprint density at radius 1 is 0.958 bits per heavy atom. The van der Waals surface area contributed by atoms with Crippen LogP contribution in [0.25, 0.3) is 0 Å². The van der Waals surface area contributed by atoms with Crippen LogP contribution >= 0.6 is 0 Å². The van der Waals surface area contributed by atoms with Crippen molar-refractivity contribution in [3.63, 3.8) is 0 Å². The van der Waals surface area contributed by atoms with Crippen LogP contribution in [-0.2, 0) is 12.8 Å². The molecule has 24 heavy (non-hydrogen) atoms. The minimum Gasteiger partial charge on any atom is -0.497 e. The van der Waals surface area contributed by atoms with Crippen molar-refractivity contribution in [1.82, 2.24) is 5.32 Å². The summed E-state index contributed by atoms with van der Waals surface area (Å²) in [5.41, 5.74) is 9.30. The van der Waals surface area contributed by atoms with Gasteiger partial charge >= 0.3 is 0 Å². The van der Waals surface area contributed by atoms with Crippen LogP contribution in [0.1, 0.15) is 24.5 Å². The molecule has 0 aromatic heterocycles. The highest BCUT2D eigenvalue weighted by molar-refractivity contribution is 5.54. The number of rotatable bonds is 10. The third-order valence-corrected chi connectivity index (χ3v) is 3.88. The lowest BCUT2D eigenvalue weighted by atomic mass is 10.1. The van der Waals surface area contributed by atoms with Gasteiger partial charge in [-0.25, -0.2) is 0 Å². The van der Waals surface area contributed by atoms with E-state index in [9.17, 15) is 0 Å². The van der Waals surface area contributed by atoms with E-state index in [1.807, 2.05) is 24.3 Å². The van der Waals surface area contributed by atoms with Gasteiger partial charge in [0.15, 0.2) is 0 Å². The maximum Gasteiger partial charge on any atom is 0.142 e. The molecule has 0 saturated heterocycles. The predicted octanol–water partition coefficient (Wildman–Crippen LogP) is 3.44. The van der Waals surface area contributed by atoms with Crippen molar-refractivity contribution < 1.29 is 9.47 Å². The second-order valence-corrected chi connectivity index (χ2v) is 5.82. The zero-order valence-corrected chi connectivity index (χ0v) is 14.7. The molecule has 0 radical (unpaired) electrons. The maximum atomic E-state index is 6.04. The molecule has 2 rings (SSSR count). The summed E-state index contributed by atoms with van der Waals surface area (Å²) in [5, 5.41) is 3.48. The maximum absolute atomic E-state index is 6.04. The zero-order valence-electron chi connectivity index (χ0n) is 14.7. The highest BCUT2D eigenvalue weighted by Crippen LogP contribution is 2.22. The average Bonchev–Trinajstić information content (AvgIpc) is 2.61. The van der Waals surface area contributed by atoms with Crippen LogP contribution in [0.4, 0.5) is 5.69 Å². The molecule has 130 valence electrons. The SMILES string of the molecule is CCCOc1ccc(CCNCCc2ccc(OC)cc2)cc1N. The number of ether oxygens (including phenoxy) is 2. The molecule has 0 saturated carbocycles. The van der Waals surface area contributed by atoms with Gasteiger partial charge in [0.05, 0.1) is 19.4 Å². The number of nitrogens with two attached hydrogens (primary N) is 1. The van der Waals surface area contributed by atoms with Crippen LogP contribution in [0.15, 0.2) is 42.5 Å². The van der Waals surface area contributed by atoms with Gasteiger partial charge < -0.3 is 20.5 Å². The normalized spacial score (nSPS) is 10.6. The Labute approximate surface area is 145 Å². The lowest BCUT2D eigenvalue weighted by molar-refractivity contribution is 0.319. The molecule has 0 heterocycles. The van der Waals surface area contributed by atoms with Crippen molar-refractivity contribution in [2.45, 2.75) is 26.2 Å². The topological polar surface area (TPSA) is 56.5 Å². The van der Waals surface area contributed by atoms with E-state index in [1.54, 1.807) is 7.11 Å². The highest BCUT2D eigenvalue weighted by Gasteiger charge is 2.02. The summed E-state index contributed by atoms with van der Waals surface area (Å²) < 4.78 is 10.8. The van der Waals surface area contributed by atoms with Gasteiger partial charge in [-0.3, -0.25) is 0 Å². The Bertz CT molecular complexity index is 612. The largest absolute Gasteiger partial charge is 0.497 e. The van der Waals surface area contributed by atoms with E-state index < -0.39 is 0 Å². The fourth-order valence-electron chi connectivity index (χ4n) is 2.48. The molecule has 0 spiro atoms. The minimum absolute atomic E-state index is 0.705. The van der Waals surface area contributed by atoms with Crippen LogP contribution in [0.2, 0.25) is 0 Å². The van der Waals surface area contributed by atoms with E-state index in [4.69, 9.17) is 15.2 Å². The first-order valence-electron chi connectivity index (χ1n) is 8.57. The van der Waals surface area contributed by atoms with Gasteiger partial charge in [-0.1, -0.05) is 25.1 Å². The lowest BCUT2D eigenvalue weighted by Crippen LogP contribution is -2.20. The number of nitrogens with one attached hydrogen (secondary N) is 1. The van der Waals surface area contributed by atoms with Crippen LogP contribution < -0.4 is 20.5 Å². The zero-order chi connectivity index (χ0) is 17.2. The van der Waals surface area contributed by atoms with E-state index in [0.29, 0.717) is 6.61 Å². The van der Waals surface area contributed by atoms with Crippen LogP contribution in [-0.4, -0.2) is 26.8 Å². The quantitative estimate of drug-likeness (QED) is 0.518. The third-order valence-electron chi connectivity index (χ3n) is 3.88. The lowest BCUT2D eigenvalue weighted by Gasteiger charge is -2.10. The van der Waals surface area contributed by atoms with Gasteiger partial charge in [0.1, 0.15) is 11.5 Å². The van der Waals surface area contributed by atoms with Gasteiger partial charge in [-0.05, 0) is 67.7 Å². The molecule has 2 aromatic rings. The third kappa shape index (κ3) is 5.78. The Morgan fingerprint density at radius 2 is 1.62 bits per heavy atom. The molecular weight excluding hydrogens is 300 g/mol. The Morgan fingerprint density at radius 3 is 2.25 bits per heavy atom. The molecule has 3 N–H and O–H groups in total. The minimum atomic E-state index is 0.705. The first kappa shape index (κ1) is 18.1. The van der Waals surface area contributed by atoms with E-state index >= 15 is 0 Å². The van der Waals surface area contributed by atoms with Gasteiger partial charge in [0.25, 0.3) is 0 Å². The van der Waals surface area contributed by atoms with Crippen molar-refractivity contribution in [1.29, 1.82) is 0 Å². The molecule has 0 aliphatic carbocycles. The summed E-state index contributed by atoms with van der Waals surface area (Å²) in [6.45, 7) is 4.68. The summed E-state index contributed by atoms with van der Waals surface area (Å²) in [4.78, 5) is 0. The summed E-state index contributed by atoms with van der Waals surface area (Å²) in [5.74, 6) is 1.68. The van der Waals surface area contributed by atoms with E-state index in [-0.39, 0.29) is 0 Å². The molecule has 4 heteroatoms. The smallest absolute Gasteiger partial charge is 0.142 e. The molecule has 0 fully saturated rings. The first-order chi connectivity index (χ1) is 11.7. The van der Waals surface area contributed by atoms with Crippen molar-refractivity contribution in [2.75, 3.05) is 32.5 Å². The first-order valence-corrected chi connectivity index (χ1v) is 8.57. The molecule has 0 amide bonds. The standard InChI is InChI=1S/C20H28N2O2/c1-3-14-24-20-9-6-17(15-19(20)21)11-13-22-12-10-16-4-7-18(23-2)8-5-16/h4-9,15,22H,3,10-14,21H2,1-2H3. The van der Waals surface area contributed by atoms with Gasteiger partial charge in [-0.2, -0.15) is 0 Å². The van der Waals surface area contributed by atoms with E-state index in [1.165, 1.54) is 11.1 Å². The molecule has 2 aromatic carbocycles. The molecule has 0 unspecified atom stereocenters. The number of methoxy groups -OCH3 is 1. The fraction of sp³-hybridized carbons (Fsp3) is 0.400. The number of hydrogen-bond acceptors (Lipinski definition) is 4. The molecule has 4 nitrogen and oxygen atoms in total. The van der Waals surface area contributed by atoms with Gasteiger partial charge in [0, 0.05) is 0 Å². The molecule has 0 atom stereocenters. The van der Waals surface area contributed by atoms with Crippen LogP contribution in [0, 0.1) is 0 Å². The number of nitrogen functional groups attached to an aromatic ring is 1. The summed E-state index contributed by atoms with van der Waals surface area (Å²) in [6, 6.07) is 14.3. The Balaban J connectivity index is 1.69. The second-order valence-electron chi connectivity index (χ2n) is 5.82. The van der Waals surface area contributed by atoms with Crippen LogP contribution in [0.3, 0.4) is 0 Å². The molecule has 0 aliphatic rings. The van der Waals surface area contributed by atoms with Gasteiger partial charge in [-0.15, -0.1) is 0 Å². The summed E-state index contributed by atoms with van der Waals surface area (Å²) in [7, 11) is 1.69. The summed E-state index contributed by atoms with van der Waals surface area (Å²) in [6.07, 6.45) is 2.95. The second kappa shape index (κ2) is 9.83. The molecule has 0 aliphatic heterocycles. The van der Waals surface area contributed by atoms with E-state index in [2.05, 4.69) is 30.4 Å². The Hall–Kier alpha value is -2.20. The van der Waals surface area contributed by atoms with Crippen molar-refractivity contribution in [3.8, 4) is 11.5 Å². The van der Waals surface area contributed by atoms with E-state index in [0.717, 1.165) is 49.5 Å². The van der Waals surface area contributed by atoms with Crippen molar-refractivity contribution in [2.24, 2.45) is 0 Å². The van der Waals surface area contributed by atoms with Crippen molar-refractivity contribution in [3.05, 3.63) is 53.6 Å². The van der Waals surface area contributed by atoms with Crippen LogP contribution in [0.5, 0.6) is 11.5 Å². The Kier molecular flexibility index (Phi) is 7.43. The molecule has 0 bridgehead atoms. The average molecular weight is 328 g/mol. The monoisotopic (exact) mass is 328 g/mol. The summed E-state index contributed by atoms with van der Waals surface area (Å²) >= 11 is 0. The fourth-order valence-corrected chi connectivity index (χ4v) is 2.48. The number of hydrogen-bond donors (Lipinski definition) is 2. The number of anilines is 1. The highest BCUT2D eigenvalue weighted by atomic mass is 16.5. The predicted molar refractivity (Wildman–Crippen MR) is 99.9 cm³/mol. The molecular formula is C20H28N2O2.